The molecule has 0 atom stereocenters. The van der Waals surface area contributed by atoms with Gasteiger partial charge < -0.3 is 19.7 Å². The zero-order chi connectivity index (χ0) is 27.9. The van der Waals surface area contributed by atoms with Gasteiger partial charge in [-0.05, 0) is 62.2 Å². The van der Waals surface area contributed by atoms with E-state index in [1.165, 1.54) is 4.57 Å². The van der Waals surface area contributed by atoms with Crippen molar-refractivity contribution >= 4 is 28.3 Å². The minimum atomic E-state index is -0.709. The van der Waals surface area contributed by atoms with Crippen LogP contribution in [0.1, 0.15) is 37.7 Å². The van der Waals surface area contributed by atoms with Crippen molar-refractivity contribution in [2.24, 2.45) is 10.9 Å². The molecule has 10 nitrogen and oxygen atoms in total. The third kappa shape index (κ3) is 5.45. The summed E-state index contributed by atoms with van der Waals surface area (Å²) in [6, 6.07) is 12.6. The number of aromatic nitrogens is 3. The molecule has 3 heterocycles. The standard InChI is InChI=1S/C28H32ClN5O5/c1-5-23-17(2)22-12-21(10-11-24(22)39-23)31-25-32(13-18-6-8-20(29)9-7-18)26(35)33(27(36)34(25)30)14-19-15-37-28(3,4)38-16-19/h6-12,19H,5,13-16,30H2,1-4H3/b31-25-. The Morgan fingerprint density at radius 2 is 1.74 bits per heavy atom. The number of hydrogen-bond donors (Lipinski definition) is 1. The Kier molecular flexibility index (Phi) is 7.28. The van der Waals surface area contributed by atoms with Gasteiger partial charge in [-0.1, -0.05) is 30.7 Å². The molecule has 11 heteroatoms. The molecule has 0 unspecified atom stereocenters. The van der Waals surface area contributed by atoms with Crippen molar-refractivity contribution in [3.8, 4) is 0 Å². The fraction of sp³-hybridized carbons (Fsp3) is 0.393. The van der Waals surface area contributed by atoms with Crippen molar-refractivity contribution in [2.45, 2.75) is 53.0 Å². The first kappa shape index (κ1) is 27.0. The zero-order valence-electron chi connectivity index (χ0n) is 22.4. The van der Waals surface area contributed by atoms with Crippen molar-refractivity contribution in [1.82, 2.24) is 13.8 Å². The molecule has 2 aromatic carbocycles. The Hall–Kier alpha value is -3.60. The van der Waals surface area contributed by atoms with Gasteiger partial charge >= 0.3 is 11.4 Å². The van der Waals surface area contributed by atoms with Crippen LogP contribution in [-0.4, -0.2) is 32.8 Å². The van der Waals surface area contributed by atoms with Gasteiger partial charge in [0.15, 0.2) is 5.79 Å². The van der Waals surface area contributed by atoms with Crippen LogP contribution in [-0.2, 0) is 29.0 Å². The van der Waals surface area contributed by atoms with Gasteiger partial charge in [-0.2, -0.15) is 4.68 Å². The van der Waals surface area contributed by atoms with Crippen LogP contribution in [0.5, 0.6) is 0 Å². The molecule has 2 N–H and O–H groups in total. The Balaban J connectivity index is 1.64. The van der Waals surface area contributed by atoms with Crippen LogP contribution in [0.2, 0.25) is 5.02 Å². The highest BCUT2D eigenvalue weighted by molar-refractivity contribution is 6.30. The topological polar surface area (TPSA) is 119 Å². The van der Waals surface area contributed by atoms with Crippen LogP contribution in [0.3, 0.4) is 0 Å². The van der Waals surface area contributed by atoms with E-state index in [1.807, 2.05) is 52.0 Å². The predicted molar refractivity (Wildman–Crippen MR) is 149 cm³/mol. The van der Waals surface area contributed by atoms with E-state index in [-0.39, 0.29) is 24.6 Å². The molecule has 0 radical (unpaired) electrons. The van der Waals surface area contributed by atoms with Gasteiger partial charge in [-0.15, -0.1) is 0 Å². The normalized spacial score (nSPS) is 16.3. The summed E-state index contributed by atoms with van der Waals surface area (Å²) in [4.78, 5) is 31.9. The summed E-state index contributed by atoms with van der Waals surface area (Å²) in [7, 11) is 0. The van der Waals surface area contributed by atoms with E-state index in [0.717, 1.165) is 43.5 Å². The largest absolute Gasteiger partial charge is 0.461 e. The fourth-order valence-electron chi connectivity index (χ4n) is 4.71. The number of benzene rings is 2. The quantitative estimate of drug-likeness (QED) is 0.365. The molecule has 4 aromatic rings. The predicted octanol–water partition coefficient (Wildman–Crippen LogP) is 3.48. The lowest BCUT2D eigenvalue weighted by Crippen LogP contribution is -2.58. The zero-order valence-corrected chi connectivity index (χ0v) is 23.2. The van der Waals surface area contributed by atoms with Crippen LogP contribution in [0.25, 0.3) is 11.0 Å². The van der Waals surface area contributed by atoms with E-state index < -0.39 is 17.2 Å². The summed E-state index contributed by atoms with van der Waals surface area (Å²) in [5.41, 5.74) is 1.91. The van der Waals surface area contributed by atoms with Crippen molar-refractivity contribution in [3.63, 3.8) is 0 Å². The number of nitrogens with two attached hydrogens (primary N) is 1. The number of aryl methyl sites for hydroxylation is 2. The van der Waals surface area contributed by atoms with E-state index in [9.17, 15) is 9.59 Å². The highest BCUT2D eigenvalue weighted by Crippen LogP contribution is 2.29. The van der Waals surface area contributed by atoms with E-state index in [2.05, 4.69) is 4.99 Å². The number of fused-ring (bicyclic) bond motifs is 1. The van der Waals surface area contributed by atoms with Gasteiger partial charge in [0.05, 0.1) is 25.4 Å². The molecule has 39 heavy (non-hydrogen) atoms. The van der Waals surface area contributed by atoms with Gasteiger partial charge in [0, 0.05) is 29.3 Å². The first-order valence-corrected chi connectivity index (χ1v) is 13.2. The molecule has 1 fully saturated rings. The van der Waals surface area contributed by atoms with Gasteiger partial charge in [0.2, 0.25) is 5.62 Å². The first-order valence-electron chi connectivity index (χ1n) is 12.9. The maximum Gasteiger partial charge on any atom is 0.353 e. The second kappa shape index (κ2) is 10.5. The summed E-state index contributed by atoms with van der Waals surface area (Å²) >= 11 is 6.07. The number of furan rings is 1. The summed E-state index contributed by atoms with van der Waals surface area (Å²) in [6.45, 7) is 8.58. The Bertz CT molecular complexity index is 1700. The summed E-state index contributed by atoms with van der Waals surface area (Å²) < 4.78 is 20.8. The number of halogens is 1. The SMILES string of the molecule is CCc1oc2ccc(/N=c3\n(N)c(=O)n(CC4COC(C)(C)OC4)c(=O)n3Cc3ccc(Cl)cc3)cc2c1C. The van der Waals surface area contributed by atoms with E-state index in [4.69, 9.17) is 31.3 Å². The molecule has 0 spiro atoms. The molecule has 2 aromatic heterocycles. The molecule has 1 aliphatic rings. The second-order valence-corrected chi connectivity index (χ2v) is 10.7. The number of nitrogens with zero attached hydrogens (tertiary/aromatic N) is 4. The Morgan fingerprint density at radius 1 is 1.05 bits per heavy atom. The number of rotatable bonds is 6. The second-order valence-electron chi connectivity index (χ2n) is 10.2. The maximum absolute atomic E-state index is 13.8. The molecule has 0 saturated carbocycles. The van der Waals surface area contributed by atoms with Gasteiger partial charge in [0.25, 0.3) is 0 Å². The van der Waals surface area contributed by atoms with Crippen LogP contribution in [0.4, 0.5) is 5.69 Å². The van der Waals surface area contributed by atoms with Crippen LogP contribution >= 0.6 is 11.6 Å². The summed E-state index contributed by atoms with van der Waals surface area (Å²) in [5, 5.41) is 1.49. The minimum Gasteiger partial charge on any atom is -0.461 e. The first-order chi connectivity index (χ1) is 18.6. The summed E-state index contributed by atoms with van der Waals surface area (Å²) in [5.74, 6) is 6.31. The van der Waals surface area contributed by atoms with Gasteiger partial charge in [-0.3, -0.25) is 4.57 Å². The van der Waals surface area contributed by atoms with E-state index >= 15 is 0 Å². The Labute approximate surface area is 229 Å². The Morgan fingerprint density at radius 3 is 2.41 bits per heavy atom. The molecule has 5 rings (SSSR count). The number of hydrogen-bond acceptors (Lipinski definition) is 7. The van der Waals surface area contributed by atoms with Gasteiger partial charge in [0.1, 0.15) is 11.3 Å². The molecular formula is C28H32ClN5O5. The van der Waals surface area contributed by atoms with Crippen molar-refractivity contribution < 1.29 is 13.9 Å². The van der Waals surface area contributed by atoms with E-state index in [1.54, 1.807) is 18.2 Å². The van der Waals surface area contributed by atoms with Crippen molar-refractivity contribution in [1.29, 1.82) is 0 Å². The monoisotopic (exact) mass is 553 g/mol. The van der Waals surface area contributed by atoms with E-state index in [0.29, 0.717) is 23.9 Å². The molecule has 0 bridgehead atoms. The van der Waals surface area contributed by atoms with Crippen molar-refractivity contribution in [3.05, 3.63) is 91.0 Å². The van der Waals surface area contributed by atoms with Gasteiger partial charge in [-0.25, -0.2) is 19.1 Å². The minimum absolute atomic E-state index is 0.0182. The van der Waals surface area contributed by atoms with Crippen LogP contribution < -0.4 is 22.8 Å². The third-order valence-electron chi connectivity index (χ3n) is 6.95. The highest BCUT2D eigenvalue weighted by Gasteiger charge is 2.29. The lowest BCUT2D eigenvalue weighted by molar-refractivity contribution is -0.263. The molecule has 0 amide bonds. The van der Waals surface area contributed by atoms with Crippen LogP contribution in [0, 0.1) is 12.8 Å². The molecule has 1 saturated heterocycles. The number of nitrogen functional groups attached to an aromatic ring is 1. The van der Waals surface area contributed by atoms with Crippen LogP contribution in [0.15, 0.2) is 61.5 Å². The lowest BCUT2D eigenvalue weighted by Gasteiger charge is -2.35. The number of ether oxygens (including phenoxy) is 2. The molecule has 1 aliphatic heterocycles. The molecular weight excluding hydrogens is 522 g/mol. The molecule has 0 aliphatic carbocycles. The maximum atomic E-state index is 13.8. The lowest BCUT2D eigenvalue weighted by atomic mass is 10.1. The highest BCUT2D eigenvalue weighted by atomic mass is 35.5. The fourth-order valence-corrected chi connectivity index (χ4v) is 4.84. The summed E-state index contributed by atoms with van der Waals surface area (Å²) in [6.07, 6.45) is 0.767. The molecule has 206 valence electrons. The average Bonchev–Trinajstić information content (AvgIpc) is 3.24. The average molecular weight is 554 g/mol. The third-order valence-corrected chi connectivity index (χ3v) is 7.20. The smallest absolute Gasteiger partial charge is 0.353 e. The van der Waals surface area contributed by atoms with Crippen molar-refractivity contribution in [2.75, 3.05) is 19.1 Å².